The molecule has 0 aliphatic rings. The zero-order valence-electron chi connectivity index (χ0n) is 14.3. The molecule has 0 amide bonds. The van der Waals surface area contributed by atoms with Gasteiger partial charge in [0.15, 0.2) is 0 Å². The van der Waals surface area contributed by atoms with Gasteiger partial charge in [-0.15, -0.1) is 0 Å². The lowest BCUT2D eigenvalue weighted by Gasteiger charge is -2.13. The predicted octanol–water partition coefficient (Wildman–Crippen LogP) is 4.11. The van der Waals surface area contributed by atoms with Gasteiger partial charge in [-0.1, -0.05) is 34.1 Å². The number of hydrogen-bond acceptors (Lipinski definition) is 4. The average Bonchev–Trinajstić information content (AvgIpc) is 2.35. The number of carbonyl (C=O) groups excluding carboxylic acids is 2. The first-order chi connectivity index (χ1) is 9.81. The fraction of sp³-hybridized carbons (Fsp3) is 0.882. The van der Waals surface area contributed by atoms with E-state index in [1.165, 1.54) is 0 Å². The molecule has 0 aromatic carbocycles. The van der Waals surface area contributed by atoms with Crippen LogP contribution in [0.3, 0.4) is 0 Å². The molecule has 0 fully saturated rings. The van der Waals surface area contributed by atoms with Crippen molar-refractivity contribution in [3.8, 4) is 0 Å². The highest BCUT2D eigenvalue weighted by Gasteiger charge is 2.11. The molecule has 0 bridgehead atoms. The zero-order valence-corrected chi connectivity index (χ0v) is 14.3. The van der Waals surface area contributed by atoms with Crippen LogP contribution in [0.25, 0.3) is 0 Å². The summed E-state index contributed by atoms with van der Waals surface area (Å²) < 4.78 is 10.4. The van der Waals surface area contributed by atoms with E-state index >= 15 is 0 Å². The van der Waals surface area contributed by atoms with Crippen LogP contribution in [0.4, 0.5) is 0 Å². The molecule has 0 heterocycles. The molecule has 1 atom stereocenters. The summed E-state index contributed by atoms with van der Waals surface area (Å²) >= 11 is 0. The zero-order chi connectivity index (χ0) is 16.3. The molecule has 0 aliphatic carbocycles. The topological polar surface area (TPSA) is 52.6 Å². The van der Waals surface area contributed by atoms with Crippen LogP contribution in [0.5, 0.6) is 0 Å². The molecule has 0 aliphatic heterocycles. The molecule has 0 saturated carbocycles. The Labute approximate surface area is 129 Å². The van der Waals surface area contributed by atoms with Gasteiger partial charge in [0, 0.05) is 12.8 Å². The first-order valence-electron chi connectivity index (χ1n) is 8.16. The predicted molar refractivity (Wildman–Crippen MR) is 83.9 cm³/mol. The molecule has 1 unspecified atom stereocenters. The van der Waals surface area contributed by atoms with E-state index in [1.54, 1.807) is 0 Å². The summed E-state index contributed by atoms with van der Waals surface area (Å²) in [6.07, 6.45) is 4.16. The smallest absolute Gasteiger partial charge is 0.306 e. The van der Waals surface area contributed by atoms with Crippen molar-refractivity contribution in [1.29, 1.82) is 0 Å². The van der Waals surface area contributed by atoms with Crippen LogP contribution in [0.2, 0.25) is 0 Å². The molecule has 4 heteroatoms. The Bertz CT molecular complexity index is 297. The maximum absolute atomic E-state index is 11.6. The Morgan fingerprint density at radius 2 is 1.43 bits per heavy atom. The van der Waals surface area contributed by atoms with E-state index in [0.29, 0.717) is 24.9 Å². The van der Waals surface area contributed by atoms with E-state index in [-0.39, 0.29) is 30.9 Å². The molecule has 0 aromatic heterocycles. The van der Waals surface area contributed by atoms with Crippen molar-refractivity contribution in [1.82, 2.24) is 0 Å². The number of carbonyl (C=O) groups is 2. The minimum atomic E-state index is -0.235. The summed E-state index contributed by atoms with van der Waals surface area (Å²) in [5.74, 6) is 0.570. The molecular formula is C17H32O4. The Balaban J connectivity index is 3.63. The second kappa shape index (κ2) is 11.6. The second-order valence-electron chi connectivity index (χ2n) is 6.56. The lowest BCUT2D eigenvalue weighted by atomic mass is 10.0. The van der Waals surface area contributed by atoms with Crippen molar-refractivity contribution in [2.75, 3.05) is 6.61 Å². The third-order valence-electron chi connectivity index (χ3n) is 3.06. The van der Waals surface area contributed by atoms with Gasteiger partial charge in [-0.05, 0) is 38.0 Å². The molecule has 0 N–H and O–H groups in total. The third kappa shape index (κ3) is 13.7. The molecular weight excluding hydrogens is 268 g/mol. The van der Waals surface area contributed by atoms with E-state index in [9.17, 15) is 9.59 Å². The first-order valence-corrected chi connectivity index (χ1v) is 8.16. The van der Waals surface area contributed by atoms with Gasteiger partial charge < -0.3 is 9.47 Å². The van der Waals surface area contributed by atoms with E-state index in [4.69, 9.17) is 9.47 Å². The van der Waals surface area contributed by atoms with Crippen LogP contribution >= 0.6 is 0 Å². The minimum absolute atomic E-state index is 0.0378. The molecule has 0 radical (unpaired) electrons. The molecule has 4 nitrogen and oxygen atoms in total. The Morgan fingerprint density at radius 1 is 0.810 bits per heavy atom. The maximum atomic E-state index is 11.6. The van der Waals surface area contributed by atoms with Crippen LogP contribution in [0, 0.1) is 11.8 Å². The number of rotatable bonds is 11. The highest BCUT2D eigenvalue weighted by atomic mass is 16.5. The molecule has 0 spiro atoms. The summed E-state index contributed by atoms with van der Waals surface area (Å²) in [4.78, 5) is 23.0. The van der Waals surface area contributed by atoms with Crippen molar-refractivity contribution in [3.05, 3.63) is 0 Å². The lowest BCUT2D eigenvalue weighted by molar-refractivity contribution is -0.149. The van der Waals surface area contributed by atoms with Crippen molar-refractivity contribution in [2.45, 2.75) is 79.2 Å². The highest BCUT2D eigenvalue weighted by molar-refractivity contribution is 5.72. The fourth-order valence-corrected chi connectivity index (χ4v) is 1.86. The van der Waals surface area contributed by atoms with Gasteiger partial charge in [0.1, 0.15) is 0 Å². The SMILES string of the molecule is CC(C)CCCC(C)OC(=O)CCCC(=O)OCC(C)C. The molecule has 21 heavy (non-hydrogen) atoms. The quantitative estimate of drug-likeness (QED) is 0.539. The van der Waals surface area contributed by atoms with Crippen molar-refractivity contribution >= 4 is 11.9 Å². The Hall–Kier alpha value is -1.06. The maximum Gasteiger partial charge on any atom is 0.306 e. The highest BCUT2D eigenvalue weighted by Crippen LogP contribution is 2.11. The van der Waals surface area contributed by atoms with Crippen LogP contribution in [0.15, 0.2) is 0 Å². The minimum Gasteiger partial charge on any atom is -0.465 e. The number of ether oxygens (including phenoxy) is 2. The Kier molecular flexibility index (Phi) is 11.0. The van der Waals surface area contributed by atoms with Crippen molar-refractivity contribution in [2.24, 2.45) is 11.8 Å². The van der Waals surface area contributed by atoms with Gasteiger partial charge in [0.2, 0.25) is 0 Å². The van der Waals surface area contributed by atoms with E-state index in [2.05, 4.69) is 13.8 Å². The van der Waals surface area contributed by atoms with E-state index < -0.39 is 0 Å². The lowest BCUT2D eigenvalue weighted by Crippen LogP contribution is -2.16. The van der Waals surface area contributed by atoms with Crippen LogP contribution in [-0.2, 0) is 19.1 Å². The van der Waals surface area contributed by atoms with Gasteiger partial charge in [0.25, 0.3) is 0 Å². The Morgan fingerprint density at radius 3 is 2.00 bits per heavy atom. The summed E-state index contributed by atoms with van der Waals surface area (Å²) in [5, 5.41) is 0. The van der Waals surface area contributed by atoms with E-state index in [1.807, 2.05) is 20.8 Å². The summed E-state index contributed by atoms with van der Waals surface area (Å²) in [6, 6.07) is 0. The van der Waals surface area contributed by atoms with E-state index in [0.717, 1.165) is 19.3 Å². The van der Waals surface area contributed by atoms with Crippen molar-refractivity contribution < 1.29 is 19.1 Å². The van der Waals surface area contributed by atoms with Gasteiger partial charge in [-0.2, -0.15) is 0 Å². The van der Waals surface area contributed by atoms with Crippen molar-refractivity contribution in [3.63, 3.8) is 0 Å². The summed E-state index contributed by atoms with van der Waals surface area (Å²) in [7, 11) is 0. The summed E-state index contributed by atoms with van der Waals surface area (Å²) in [6.45, 7) is 10.7. The molecule has 0 saturated heterocycles. The largest absolute Gasteiger partial charge is 0.465 e. The average molecular weight is 300 g/mol. The first kappa shape index (κ1) is 19.9. The molecule has 0 rings (SSSR count). The van der Waals surface area contributed by atoms with Crippen LogP contribution in [-0.4, -0.2) is 24.6 Å². The fourth-order valence-electron chi connectivity index (χ4n) is 1.86. The van der Waals surface area contributed by atoms with Gasteiger partial charge in [-0.25, -0.2) is 0 Å². The third-order valence-corrected chi connectivity index (χ3v) is 3.06. The van der Waals surface area contributed by atoms with Gasteiger partial charge in [0.05, 0.1) is 12.7 Å². The molecule has 124 valence electrons. The number of esters is 2. The van der Waals surface area contributed by atoms with Gasteiger partial charge >= 0.3 is 11.9 Å². The van der Waals surface area contributed by atoms with Crippen LogP contribution in [0.1, 0.15) is 73.1 Å². The second-order valence-corrected chi connectivity index (χ2v) is 6.56. The summed E-state index contributed by atoms with van der Waals surface area (Å²) in [5.41, 5.74) is 0. The number of hydrogen-bond donors (Lipinski definition) is 0. The van der Waals surface area contributed by atoms with Crippen LogP contribution < -0.4 is 0 Å². The standard InChI is InChI=1S/C17H32O4/c1-13(2)8-6-9-15(5)21-17(19)11-7-10-16(18)20-12-14(3)4/h13-15H,6-12H2,1-5H3. The normalized spacial score (nSPS) is 12.5. The monoisotopic (exact) mass is 300 g/mol. The van der Waals surface area contributed by atoms with Gasteiger partial charge in [-0.3, -0.25) is 9.59 Å². The molecule has 0 aromatic rings.